The molecular weight excluding hydrogens is 489 g/mol. The van der Waals surface area contributed by atoms with Crippen LogP contribution in [-0.4, -0.2) is 75.2 Å². The van der Waals surface area contributed by atoms with Gasteiger partial charge in [0.1, 0.15) is 0 Å². The van der Waals surface area contributed by atoms with E-state index in [1.807, 2.05) is 30.8 Å². The molecule has 0 saturated carbocycles. The lowest BCUT2D eigenvalue weighted by atomic mass is 9.78. The molecule has 4 rings (SSSR count). The molecule has 0 radical (unpaired) electrons. The fraction of sp³-hybridized carbons (Fsp3) is 0.577. The molecule has 2 aromatic rings. The minimum atomic E-state index is -4.57. The van der Waals surface area contributed by atoms with Gasteiger partial charge in [0.25, 0.3) is 0 Å². The summed E-state index contributed by atoms with van der Waals surface area (Å²) in [5.74, 6) is -0.990. The minimum Gasteiger partial charge on any atom is -0.478 e. The van der Waals surface area contributed by atoms with E-state index in [2.05, 4.69) is 9.64 Å². The Bertz CT molecular complexity index is 1140. The highest BCUT2D eigenvalue weighted by Gasteiger charge is 2.44. The number of rotatable bonds is 6. The summed E-state index contributed by atoms with van der Waals surface area (Å²) >= 11 is 0. The average molecular weight is 523 g/mol. The Hall–Kier alpha value is -3.08. The highest BCUT2D eigenvalue weighted by Crippen LogP contribution is 2.41. The molecule has 1 amide bonds. The van der Waals surface area contributed by atoms with Crippen LogP contribution >= 0.6 is 0 Å². The number of ether oxygens (including phenoxy) is 1. The largest absolute Gasteiger partial charge is 0.478 e. The number of aromatic carboxylic acids is 1. The Labute approximate surface area is 214 Å². The van der Waals surface area contributed by atoms with E-state index in [-0.39, 0.29) is 17.0 Å². The molecule has 2 aliphatic heterocycles. The molecule has 1 unspecified atom stereocenters. The van der Waals surface area contributed by atoms with E-state index in [1.54, 1.807) is 18.2 Å². The van der Waals surface area contributed by atoms with Crippen LogP contribution in [0.25, 0.3) is 11.3 Å². The monoisotopic (exact) mass is 522 g/mol. The van der Waals surface area contributed by atoms with E-state index in [1.165, 1.54) is 4.90 Å². The van der Waals surface area contributed by atoms with Gasteiger partial charge in [-0.1, -0.05) is 12.1 Å². The van der Waals surface area contributed by atoms with Crippen LogP contribution in [-0.2, 0) is 11.3 Å². The zero-order chi connectivity index (χ0) is 27.0. The number of carboxylic acid groups (broad SMARTS) is 1. The number of aromatic nitrogens is 2. The summed E-state index contributed by atoms with van der Waals surface area (Å²) in [6.07, 6.45) is -3.25. The molecule has 3 heterocycles. The Balaban J connectivity index is 1.42. The van der Waals surface area contributed by atoms with Crippen molar-refractivity contribution in [2.24, 2.45) is 5.41 Å². The molecule has 1 spiro atoms. The first-order valence-corrected chi connectivity index (χ1v) is 12.5. The second kappa shape index (κ2) is 10.4. The quantitative estimate of drug-likeness (QED) is 0.561. The van der Waals surface area contributed by atoms with Crippen LogP contribution < -0.4 is 0 Å². The van der Waals surface area contributed by atoms with Crippen molar-refractivity contribution in [1.29, 1.82) is 0 Å². The molecule has 1 N–H and O–H groups in total. The Morgan fingerprint density at radius 3 is 2.43 bits per heavy atom. The van der Waals surface area contributed by atoms with Gasteiger partial charge < -0.3 is 14.7 Å². The number of hydrogen-bond donors (Lipinski definition) is 1. The van der Waals surface area contributed by atoms with E-state index in [9.17, 15) is 27.9 Å². The fourth-order valence-corrected chi connectivity index (χ4v) is 5.12. The number of likely N-dealkylation sites (tertiary alicyclic amines) is 2. The lowest BCUT2D eigenvalue weighted by molar-refractivity contribution is -0.200. The number of carbonyl (C=O) groups excluding carboxylic acids is 1. The zero-order valence-corrected chi connectivity index (χ0v) is 21.3. The van der Waals surface area contributed by atoms with E-state index < -0.39 is 24.3 Å². The summed E-state index contributed by atoms with van der Waals surface area (Å²) in [7, 11) is 0. The van der Waals surface area contributed by atoms with E-state index in [0.29, 0.717) is 32.5 Å². The van der Waals surface area contributed by atoms with Crippen molar-refractivity contribution in [3.63, 3.8) is 0 Å². The van der Waals surface area contributed by atoms with Gasteiger partial charge >= 0.3 is 18.2 Å². The van der Waals surface area contributed by atoms with Gasteiger partial charge in [-0.3, -0.25) is 9.58 Å². The molecule has 11 heteroatoms. The van der Waals surface area contributed by atoms with Gasteiger partial charge in [-0.15, -0.1) is 0 Å². The van der Waals surface area contributed by atoms with Crippen molar-refractivity contribution < 1.29 is 32.6 Å². The summed E-state index contributed by atoms with van der Waals surface area (Å²) in [5, 5.41) is 14.2. The van der Waals surface area contributed by atoms with E-state index in [0.717, 1.165) is 43.3 Å². The zero-order valence-electron chi connectivity index (χ0n) is 21.3. The number of benzene rings is 1. The molecule has 0 aliphatic carbocycles. The molecule has 2 aliphatic rings. The number of carboxylic acids is 1. The molecule has 37 heavy (non-hydrogen) atoms. The number of carbonyl (C=O) groups is 2. The number of nitrogens with zero attached hydrogens (tertiary/aromatic N) is 4. The third-order valence-corrected chi connectivity index (χ3v) is 7.45. The second-order valence-electron chi connectivity index (χ2n) is 10.5. The predicted octanol–water partition coefficient (Wildman–Crippen LogP) is 5.20. The van der Waals surface area contributed by atoms with Crippen LogP contribution in [0.3, 0.4) is 0 Å². The van der Waals surface area contributed by atoms with Gasteiger partial charge in [0.2, 0.25) is 0 Å². The first kappa shape index (κ1) is 27.0. The Kier molecular flexibility index (Phi) is 7.55. The fourth-order valence-electron chi connectivity index (χ4n) is 5.12. The molecule has 1 aromatic heterocycles. The van der Waals surface area contributed by atoms with Crippen molar-refractivity contribution in [1.82, 2.24) is 19.6 Å². The van der Waals surface area contributed by atoms with Crippen LogP contribution in [0.1, 0.15) is 62.0 Å². The van der Waals surface area contributed by atoms with Gasteiger partial charge in [0.05, 0.1) is 11.3 Å². The summed E-state index contributed by atoms with van der Waals surface area (Å²) in [6.45, 7) is 7.97. The highest BCUT2D eigenvalue weighted by molar-refractivity contribution is 5.89. The molecule has 0 bridgehead atoms. The maximum absolute atomic E-state index is 12.7. The first-order valence-electron chi connectivity index (χ1n) is 12.5. The van der Waals surface area contributed by atoms with Gasteiger partial charge in [-0.2, -0.15) is 18.3 Å². The number of halogens is 3. The minimum absolute atomic E-state index is 0.00382. The molecule has 2 saturated heterocycles. The van der Waals surface area contributed by atoms with Crippen LogP contribution in [0.15, 0.2) is 30.5 Å². The predicted molar refractivity (Wildman–Crippen MR) is 130 cm³/mol. The Morgan fingerprint density at radius 1 is 1.14 bits per heavy atom. The lowest BCUT2D eigenvalue weighted by Gasteiger charge is -2.39. The standard InChI is InChI=1S/C26H33F3N4O4/c1-17(2)33-15-21(22(30-33)19-5-4-6-20(13-19)23(34)35)14-31-10-7-25(16-31)8-11-32(12-9-25)24(36)37-18(3)26(27,28)29/h4-6,13,15,17-18H,7-12,14,16H2,1-3H3,(H,34,35). The van der Waals surface area contributed by atoms with Crippen molar-refractivity contribution >= 4 is 12.1 Å². The third kappa shape index (κ3) is 6.08. The lowest BCUT2D eigenvalue weighted by Crippen LogP contribution is -2.46. The van der Waals surface area contributed by atoms with Crippen molar-refractivity contribution in [3.8, 4) is 11.3 Å². The van der Waals surface area contributed by atoms with Crippen LogP contribution in [0, 0.1) is 5.41 Å². The normalized spacial score (nSPS) is 18.9. The van der Waals surface area contributed by atoms with Gasteiger partial charge in [-0.25, -0.2) is 9.59 Å². The molecule has 2 fully saturated rings. The topological polar surface area (TPSA) is 87.9 Å². The number of piperidine rings is 1. The number of alkyl halides is 3. The van der Waals surface area contributed by atoms with Crippen LogP contribution in [0.4, 0.5) is 18.0 Å². The van der Waals surface area contributed by atoms with Crippen molar-refractivity contribution in [2.45, 2.75) is 64.9 Å². The molecule has 8 nitrogen and oxygen atoms in total. The maximum atomic E-state index is 12.7. The maximum Gasteiger partial charge on any atom is 0.425 e. The SMILES string of the molecule is CC(C)n1cc(CN2CCC3(CCN(C(=O)OC(C)C(F)(F)F)CC3)C2)c(-c2cccc(C(=O)O)c2)n1. The van der Waals surface area contributed by atoms with E-state index in [4.69, 9.17) is 5.10 Å². The summed E-state index contributed by atoms with van der Waals surface area (Å²) in [5.41, 5.74) is 2.73. The smallest absolute Gasteiger partial charge is 0.425 e. The van der Waals surface area contributed by atoms with Crippen molar-refractivity contribution in [3.05, 3.63) is 41.6 Å². The average Bonchev–Trinajstić information content (AvgIpc) is 3.43. The summed E-state index contributed by atoms with van der Waals surface area (Å²) in [6, 6.07) is 6.92. The molecule has 1 atom stereocenters. The van der Waals surface area contributed by atoms with Crippen LogP contribution in [0.5, 0.6) is 0 Å². The van der Waals surface area contributed by atoms with Crippen LogP contribution in [0.2, 0.25) is 0 Å². The number of amides is 1. The highest BCUT2D eigenvalue weighted by atomic mass is 19.4. The third-order valence-electron chi connectivity index (χ3n) is 7.45. The van der Waals surface area contributed by atoms with Gasteiger partial charge in [0.15, 0.2) is 6.10 Å². The second-order valence-corrected chi connectivity index (χ2v) is 10.5. The van der Waals surface area contributed by atoms with Gasteiger partial charge in [0, 0.05) is 49.5 Å². The summed E-state index contributed by atoms with van der Waals surface area (Å²) < 4.78 is 44.7. The van der Waals surface area contributed by atoms with Gasteiger partial charge in [-0.05, 0) is 64.1 Å². The Morgan fingerprint density at radius 2 is 1.81 bits per heavy atom. The van der Waals surface area contributed by atoms with Crippen molar-refractivity contribution in [2.75, 3.05) is 26.2 Å². The van der Waals surface area contributed by atoms with E-state index >= 15 is 0 Å². The molecule has 202 valence electrons. The summed E-state index contributed by atoms with van der Waals surface area (Å²) in [4.78, 5) is 27.4. The molecule has 1 aromatic carbocycles. The number of hydrogen-bond acceptors (Lipinski definition) is 5. The molecular formula is C26H33F3N4O4. The first-order chi connectivity index (χ1) is 17.4.